The number of para-hydroxylation sites is 2. The molecule has 0 fully saturated rings. The average Bonchev–Trinajstić information content (AvgIpc) is 3.32. The van der Waals surface area contributed by atoms with E-state index < -0.39 is 0 Å². The van der Waals surface area contributed by atoms with Crippen LogP contribution < -0.4 is 20.5 Å². The number of fused-ring (bicyclic) bond motifs is 1. The quantitative estimate of drug-likeness (QED) is 0.514. The van der Waals surface area contributed by atoms with Gasteiger partial charge >= 0.3 is 5.69 Å². The van der Waals surface area contributed by atoms with Gasteiger partial charge in [-0.15, -0.1) is 11.3 Å². The van der Waals surface area contributed by atoms with Crippen LogP contribution in [-0.4, -0.2) is 34.2 Å². The average molecular weight is 424 g/mol. The molecule has 9 heteroatoms. The van der Waals surface area contributed by atoms with Crippen molar-refractivity contribution >= 4 is 33.4 Å². The molecule has 0 unspecified atom stereocenters. The van der Waals surface area contributed by atoms with E-state index in [1.165, 1.54) is 20.5 Å². The lowest BCUT2D eigenvalue weighted by Crippen LogP contribution is -2.28. The fourth-order valence-electron chi connectivity index (χ4n) is 3.28. The molecule has 0 saturated carbocycles. The van der Waals surface area contributed by atoms with E-state index in [1.807, 2.05) is 41.8 Å². The summed E-state index contributed by atoms with van der Waals surface area (Å²) in [4.78, 5) is 29.6. The minimum atomic E-state index is -0.323. The molecule has 30 heavy (non-hydrogen) atoms. The van der Waals surface area contributed by atoms with Gasteiger partial charge in [-0.3, -0.25) is 13.9 Å². The van der Waals surface area contributed by atoms with Crippen molar-refractivity contribution in [2.24, 2.45) is 7.05 Å². The van der Waals surface area contributed by atoms with Gasteiger partial charge < -0.3 is 14.8 Å². The van der Waals surface area contributed by atoms with Crippen molar-refractivity contribution in [3.63, 3.8) is 0 Å². The van der Waals surface area contributed by atoms with Gasteiger partial charge in [0.05, 0.1) is 30.9 Å². The highest BCUT2D eigenvalue weighted by Crippen LogP contribution is 2.34. The van der Waals surface area contributed by atoms with Crippen LogP contribution in [0.5, 0.6) is 11.5 Å². The minimum absolute atomic E-state index is 0.0963. The van der Waals surface area contributed by atoms with Gasteiger partial charge in [0.25, 0.3) is 0 Å². The van der Waals surface area contributed by atoms with Gasteiger partial charge in [-0.1, -0.05) is 12.1 Å². The molecule has 0 aliphatic carbocycles. The van der Waals surface area contributed by atoms with Crippen molar-refractivity contribution in [2.45, 2.75) is 6.54 Å². The Bertz CT molecular complexity index is 1290. The first-order valence-electron chi connectivity index (χ1n) is 9.14. The summed E-state index contributed by atoms with van der Waals surface area (Å²) in [5.74, 6) is 0.982. The number of benzene rings is 2. The Labute approximate surface area is 176 Å². The third kappa shape index (κ3) is 3.55. The van der Waals surface area contributed by atoms with Crippen LogP contribution >= 0.6 is 11.3 Å². The Hall–Kier alpha value is -3.59. The maximum absolute atomic E-state index is 12.6. The number of aryl methyl sites for hydroxylation is 1. The fraction of sp³-hybridized carbons (Fsp3) is 0.190. The number of carbonyl (C=O) groups excluding carboxylic acids is 1. The van der Waals surface area contributed by atoms with Gasteiger partial charge in [0.2, 0.25) is 5.91 Å². The summed E-state index contributed by atoms with van der Waals surface area (Å²) in [5, 5.41) is 5.06. The van der Waals surface area contributed by atoms with Crippen LogP contribution in [0, 0.1) is 0 Å². The molecule has 0 spiro atoms. The normalized spacial score (nSPS) is 10.9. The first kappa shape index (κ1) is 19.7. The first-order chi connectivity index (χ1) is 14.5. The number of ether oxygens (including phenoxy) is 2. The van der Waals surface area contributed by atoms with Crippen molar-refractivity contribution in [3.05, 3.63) is 58.3 Å². The monoisotopic (exact) mass is 424 g/mol. The van der Waals surface area contributed by atoms with Crippen LogP contribution in [0.2, 0.25) is 0 Å². The van der Waals surface area contributed by atoms with E-state index >= 15 is 0 Å². The minimum Gasteiger partial charge on any atom is -0.497 e. The van der Waals surface area contributed by atoms with E-state index in [0.717, 1.165) is 11.1 Å². The number of anilines is 1. The highest BCUT2D eigenvalue weighted by atomic mass is 32.1. The second-order valence-electron chi connectivity index (χ2n) is 6.57. The molecule has 2 heterocycles. The Kier molecular flexibility index (Phi) is 5.28. The number of nitrogens with one attached hydrogen (secondary N) is 1. The number of rotatable bonds is 6. The molecule has 154 valence electrons. The molecule has 4 aromatic rings. The largest absolute Gasteiger partial charge is 0.497 e. The van der Waals surface area contributed by atoms with Gasteiger partial charge in [-0.25, -0.2) is 9.78 Å². The number of amides is 1. The van der Waals surface area contributed by atoms with Gasteiger partial charge in [0.15, 0.2) is 5.13 Å². The highest BCUT2D eigenvalue weighted by molar-refractivity contribution is 7.14. The van der Waals surface area contributed by atoms with Crippen molar-refractivity contribution in [1.29, 1.82) is 0 Å². The van der Waals surface area contributed by atoms with Crippen molar-refractivity contribution in [2.75, 3.05) is 19.5 Å². The topological polar surface area (TPSA) is 87.4 Å². The van der Waals surface area contributed by atoms with E-state index in [1.54, 1.807) is 27.3 Å². The zero-order chi connectivity index (χ0) is 21.3. The lowest BCUT2D eigenvalue weighted by Gasteiger charge is -2.08. The smallest absolute Gasteiger partial charge is 0.329 e. The van der Waals surface area contributed by atoms with Crippen LogP contribution in [0.15, 0.2) is 52.6 Å². The van der Waals surface area contributed by atoms with Crippen molar-refractivity contribution in [3.8, 4) is 22.8 Å². The number of nitrogens with zero attached hydrogens (tertiary/aromatic N) is 3. The molecule has 0 radical (unpaired) electrons. The molecule has 2 aromatic carbocycles. The SMILES string of the molecule is COc1ccc(-c2csc(NC(=O)Cn3c(=O)n(C)c4ccccc43)n2)c(OC)c1. The molecular formula is C21H20N4O4S. The molecule has 2 aromatic heterocycles. The summed E-state index contributed by atoms with van der Waals surface area (Å²) in [6.45, 7) is -0.0963. The van der Waals surface area contributed by atoms with Crippen LogP contribution in [-0.2, 0) is 18.4 Å². The van der Waals surface area contributed by atoms with Gasteiger partial charge in [0.1, 0.15) is 18.0 Å². The van der Waals surface area contributed by atoms with E-state index in [2.05, 4.69) is 10.3 Å². The molecule has 0 aliphatic rings. The zero-order valence-corrected chi connectivity index (χ0v) is 17.5. The Morgan fingerprint density at radius 1 is 1.13 bits per heavy atom. The number of aromatic nitrogens is 3. The second-order valence-corrected chi connectivity index (χ2v) is 7.43. The molecular weight excluding hydrogens is 404 g/mol. The predicted molar refractivity (Wildman–Crippen MR) is 116 cm³/mol. The number of thiazole rings is 1. The zero-order valence-electron chi connectivity index (χ0n) is 16.7. The van der Waals surface area contributed by atoms with Gasteiger partial charge in [-0.2, -0.15) is 0 Å². The predicted octanol–water partition coefficient (Wildman–Crippen LogP) is 3.12. The molecule has 4 rings (SSSR count). The van der Waals surface area contributed by atoms with Crippen LogP contribution in [0.4, 0.5) is 5.13 Å². The summed E-state index contributed by atoms with van der Waals surface area (Å²) < 4.78 is 13.6. The number of carbonyl (C=O) groups is 1. The second kappa shape index (κ2) is 8.03. The highest BCUT2D eigenvalue weighted by Gasteiger charge is 2.16. The maximum atomic E-state index is 12.6. The maximum Gasteiger partial charge on any atom is 0.329 e. The molecule has 0 aliphatic heterocycles. The Morgan fingerprint density at radius 3 is 2.63 bits per heavy atom. The number of hydrogen-bond donors (Lipinski definition) is 1. The summed E-state index contributed by atoms with van der Waals surface area (Å²) in [5.41, 5.74) is 2.72. The molecule has 8 nitrogen and oxygen atoms in total. The molecule has 0 saturated heterocycles. The van der Waals surface area contributed by atoms with Crippen molar-refractivity contribution in [1.82, 2.24) is 14.1 Å². The lowest BCUT2D eigenvalue weighted by molar-refractivity contribution is -0.116. The standard InChI is InChI=1S/C21H20N4O4S/c1-24-16-6-4-5-7-17(16)25(21(24)27)11-19(26)23-20-22-15(12-30-20)14-9-8-13(28-2)10-18(14)29-3/h4-10,12H,11H2,1-3H3,(H,22,23,26). The van der Waals surface area contributed by atoms with E-state index in [4.69, 9.17) is 9.47 Å². The number of imidazole rings is 1. The Morgan fingerprint density at radius 2 is 1.90 bits per heavy atom. The molecule has 0 bridgehead atoms. The summed E-state index contributed by atoms with van der Waals surface area (Å²) in [6.07, 6.45) is 0. The molecule has 0 atom stereocenters. The lowest BCUT2D eigenvalue weighted by atomic mass is 10.1. The van der Waals surface area contributed by atoms with E-state index in [-0.39, 0.29) is 18.1 Å². The van der Waals surface area contributed by atoms with Crippen molar-refractivity contribution < 1.29 is 14.3 Å². The van der Waals surface area contributed by atoms with Crippen LogP contribution in [0.1, 0.15) is 0 Å². The van der Waals surface area contributed by atoms with Crippen LogP contribution in [0.25, 0.3) is 22.3 Å². The van der Waals surface area contributed by atoms with Gasteiger partial charge in [0, 0.05) is 24.1 Å². The first-order valence-corrected chi connectivity index (χ1v) is 10.0. The molecule has 1 N–H and O–H groups in total. The summed E-state index contributed by atoms with van der Waals surface area (Å²) >= 11 is 1.30. The fourth-order valence-corrected chi connectivity index (χ4v) is 4.01. The van der Waals surface area contributed by atoms with E-state index in [9.17, 15) is 9.59 Å². The van der Waals surface area contributed by atoms with Gasteiger partial charge in [-0.05, 0) is 24.3 Å². The van der Waals surface area contributed by atoms with Crippen LogP contribution in [0.3, 0.4) is 0 Å². The summed E-state index contributed by atoms with van der Waals surface area (Å²) in [6, 6.07) is 12.8. The number of methoxy groups -OCH3 is 2. The third-order valence-electron chi connectivity index (χ3n) is 4.79. The van der Waals surface area contributed by atoms with E-state index in [0.29, 0.717) is 27.8 Å². The summed E-state index contributed by atoms with van der Waals surface area (Å²) in [7, 11) is 4.86. The number of hydrogen-bond acceptors (Lipinski definition) is 6. The Balaban J connectivity index is 1.55. The third-order valence-corrected chi connectivity index (χ3v) is 5.55. The molecule has 1 amide bonds.